The van der Waals surface area contributed by atoms with Crippen molar-refractivity contribution in [3.8, 4) is 6.07 Å². The molecule has 2 heterocycles. The van der Waals surface area contributed by atoms with Crippen LogP contribution in [0, 0.1) is 31.0 Å². The Morgan fingerprint density at radius 1 is 1.21 bits per heavy atom. The molecular formula is C23H23FN4O. The third-order valence-electron chi connectivity index (χ3n) is 5.26. The van der Waals surface area contributed by atoms with Crippen LogP contribution in [0.5, 0.6) is 0 Å². The largest absolute Gasteiger partial charge is 0.379 e. The number of rotatable bonds is 4. The lowest BCUT2D eigenvalue weighted by Gasteiger charge is -2.29. The van der Waals surface area contributed by atoms with Gasteiger partial charge in [0, 0.05) is 31.2 Å². The highest BCUT2D eigenvalue weighted by Crippen LogP contribution is 2.30. The van der Waals surface area contributed by atoms with Crippen molar-refractivity contribution >= 4 is 22.3 Å². The van der Waals surface area contributed by atoms with E-state index in [-0.39, 0.29) is 5.82 Å². The standard InChI is InChI=1S/C23H23FN4O/c1-15-9-16(2)22-19(10-15)23(18(12-25)14-27-22)26-13-17-3-4-21(20(24)11-17)28-5-7-29-8-6-28/h3-4,9-11,14H,5-8,13H2,1-2H3,(H,26,27). The van der Waals surface area contributed by atoms with Crippen molar-refractivity contribution < 1.29 is 9.13 Å². The first kappa shape index (κ1) is 19.2. The topological polar surface area (TPSA) is 61.2 Å². The van der Waals surface area contributed by atoms with E-state index in [4.69, 9.17) is 4.74 Å². The van der Waals surface area contributed by atoms with E-state index in [1.807, 2.05) is 36.9 Å². The summed E-state index contributed by atoms with van der Waals surface area (Å²) in [7, 11) is 0. The summed E-state index contributed by atoms with van der Waals surface area (Å²) in [5.41, 5.74) is 5.68. The van der Waals surface area contributed by atoms with Gasteiger partial charge in [0.05, 0.1) is 35.7 Å². The number of anilines is 2. The summed E-state index contributed by atoms with van der Waals surface area (Å²) in [5, 5.41) is 13.8. The Morgan fingerprint density at radius 3 is 2.72 bits per heavy atom. The zero-order valence-electron chi connectivity index (χ0n) is 16.6. The fraction of sp³-hybridized carbons (Fsp3) is 0.304. The molecule has 1 N–H and O–H groups in total. The van der Waals surface area contributed by atoms with Gasteiger partial charge in [-0.05, 0) is 43.2 Å². The van der Waals surface area contributed by atoms with E-state index in [0.717, 1.165) is 33.3 Å². The Bertz CT molecular complexity index is 1100. The minimum atomic E-state index is -0.238. The number of aryl methyl sites for hydroxylation is 2. The van der Waals surface area contributed by atoms with Crippen molar-refractivity contribution in [1.82, 2.24) is 4.98 Å². The Kier molecular flexibility index (Phi) is 5.32. The summed E-state index contributed by atoms with van der Waals surface area (Å²) in [6.45, 7) is 7.08. The molecule has 1 saturated heterocycles. The molecule has 1 aliphatic heterocycles. The summed E-state index contributed by atoms with van der Waals surface area (Å²) in [6.07, 6.45) is 1.59. The van der Waals surface area contributed by atoms with Gasteiger partial charge in [0.15, 0.2) is 0 Å². The van der Waals surface area contributed by atoms with Crippen molar-refractivity contribution in [2.45, 2.75) is 20.4 Å². The fourth-order valence-corrected chi connectivity index (χ4v) is 3.85. The average Bonchev–Trinajstić information content (AvgIpc) is 2.72. The Balaban J connectivity index is 1.61. The quantitative estimate of drug-likeness (QED) is 0.719. The lowest BCUT2D eigenvalue weighted by molar-refractivity contribution is 0.122. The maximum absolute atomic E-state index is 14.7. The number of nitrogens with zero attached hydrogens (tertiary/aromatic N) is 3. The van der Waals surface area contributed by atoms with E-state index in [1.54, 1.807) is 12.3 Å². The molecule has 0 saturated carbocycles. The second kappa shape index (κ2) is 8.06. The molecule has 0 amide bonds. The number of hydrogen-bond donors (Lipinski definition) is 1. The van der Waals surface area contributed by atoms with Gasteiger partial charge in [-0.1, -0.05) is 17.7 Å². The fourth-order valence-electron chi connectivity index (χ4n) is 3.85. The van der Waals surface area contributed by atoms with Gasteiger partial charge in [-0.2, -0.15) is 5.26 Å². The van der Waals surface area contributed by atoms with E-state index in [2.05, 4.69) is 22.4 Å². The van der Waals surface area contributed by atoms with Gasteiger partial charge in [-0.25, -0.2) is 4.39 Å². The number of ether oxygens (including phenoxy) is 1. The number of halogens is 1. The number of aromatic nitrogens is 1. The smallest absolute Gasteiger partial charge is 0.146 e. The molecule has 148 valence electrons. The summed E-state index contributed by atoms with van der Waals surface area (Å²) >= 11 is 0. The van der Waals surface area contributed by atoms with E-state index in [1.165, 1.54) is 0 Å². The van der Waals surface area contributed by atoms with E-state index in [0.29, 0.717) is 44.1 Å². The molecule has 0 unspecified atom stereocenters. The van der Waals surface area contributed by atoms with Crippen LogP contribution in [0.25, 0.3) is 10.9 Å². The highest BCUT2D eigenvalue weighted by Gasteiger charge is 2.16. The molecule has 1 aliphatic rings. The van der Waals surface area contributed by atoms with Crippen LogP contribution < -0.4 is 10.2 Å². The SMILES string of the molecule is Cc1cc(C)c2ncc(C#N)c(NCc3ccc(N4CCOCC4)c(F)c3)c2c1. The molecule has 1 fully saturated rings. The molecule has 0 bridgehead atoms. The number of hydrogen-bond acceptors (Lipinski definition) is 5. The normalized spacial score (nSPS) is 14.1. The second-order valence-electron chi connectivity index (χ2n) is 7.38. The van der Waals surface area contributed by atoms with E-state index >= 15 is 0 Å². The Morgan fingerprint density at radius 2 is 2.00 bits per heavy atom. The summed E-state index contributed by atoms with van der Waals surface area (Å²) in [6, 6.07) is 11.6. The number of morpholine rings is 1. The van der Waals surface area contributed by atoms with Gasteiger partial charge >= 0.3 is 0 Å². The third kappa shape index (κ3) is 3.87. The molecule has 1 aromatic heterocycles. The van der Waals surface area contributed by atoms with Crippen molar-refractivity contribution in [3.63, 3.8) is 0 Å². The lowest BCUT2D eigenvalue weighted by atomic mass is 10.0. The second-order valence-corrected chi connectivity index (χ2v) is 7.38. The predicted octanol–water partition coefficient (Wildman–Crippen LogP) is 4.31. The first-order valence-corrected chi connectivity index (χ1v) is 9.72. The van der Waals surface area contributed by atoms with E-state index < -0.39 is 0 Å². The van der Waals surface area contributed by atoms with Gasteiger partial charge < -0.3 is 15.0 Å². The minimum absolute atomic E-state index is 0.238. The summed E-state index contributed by atoms with van der Waals surface area (Å²) in [5.74, 6) is -0.238. The van der Waals surface area contributed by atoms with Crippen LogP contribution in [0.1, 0.15) is 22.3 Å². The molecule has 5 nitrogen and oxygen atoms in total. The molecule has 0 aliphatic carbocycles. The van der Waals surface area contributed by atoms with Crippen LogP contribution in [-0.2, 0) is 11.3 Å². The van der Waals surface area contributed by atoms with Gasteiger partial charge in [0.2, 0.25) is 0 Å². The molecular weight excluding hydrogens is 367 g/mol. The molecule has 0 atom stereocenters. The minimum Gasteiger partial charge on any atom is -0.379 e. The third-order valence-corrected chi connectivity index (χ3v) is 5.26. The number of nitriles is 1. The van der Waals surface area contributed by atoms with Gasteiger partial charge in [0.1, 0.15) is 11.9 Å². The van der Waals surface area contributed by atoms with Crippen LogP contribution in [-0.4, -0.2) is 31.3 Å². The maximum atomic E-state index is 14.7. The average molecular weight is 390 g/mol. The maximum Gasteiger partial charge on any atom is 0.146 e. The van der Waals surface area contributed by atoms with Crippen molar-refractivity contribution in [3.05, 3.63) is 64.6 Å². The number of fused-ring (bicyclic) bond motifs is 1. The van der Waals surface area contributed by atoms with Crippen LogP contribution in [0.2, 0.25) is 0 Å². The zero-order valence-corrected chi connectivity index (χ0v) is 16.6. The first-order valence-electron chi connectivity index (χ1n) is 9.72. The molecule has 29 heavy (non-hydrogen) atoms. The van der Waals surface area contributed by atoms with Gasteiger partial charge in [0.25, 0.3) is 0 Å². The lowest BCUT2D eigenvalue weighted by Crippen LogP contribution is -2.36. The highest BCUT2D eigenvalue weighted by atomic mass is 19.1. The summed E-state index contributed by atoms with van der Waals surface area (Å²) < 4.78 is 20.0. The summed E-state index contributed by atoms with van der Waals surface area (Å²) in [4.78, 5) is 6.45. The van der Waals surface area contributed by atoms with Crippen LogP contribution in [0.4, 0.5) is 15.8 Å². The van der Waals surface area contributed by atoms with Gasteiger partial charge in [-0.3, -0.25) is 4.98 Å². The number of pyridine rings is 1. The number of benzene rings is 2. The first-order chi connectivity index (χ1) is 14.1. The van der Waals surface area contributed by atoms with Crippen LogP contribution in [0.15, 0.2) is 36.5 Å². The number of nitrogens with one attached hydrogen (secondary N) is 1. The highest BCUT2D eigenvalue weighted by molar-refractivity contribution is 5.96. The van der Waals surface area contributed by atoms with Gasteiger partial charge in [-0.15, -0.1) is 0 Å². The van der Waals surface area contributed by atoms with Crippen molar-refractivity contribution in [2.24, 2.45) is 0 Å². The monoisotopic (exact) mass is 390 g/mol. The van der Waals surface area contributed by atoms with Crippen molar-refractivity contribution in [1.29, 1.82) is 5.26 Å². The molecule has 0 radical (unpaired) electrons. The molecule has 2 aromatic carbocycles. The molecule has 4 rings (SSSR count). The zero-order chi connectivity index (χ0) is 20.4. The Labute approximate surface area is 169 Å². The van der Waals surface area contributed by atoms with Crippen LogP contribution >= 0.6 is 0 Å². The van der Waals surface area contributed by atoms with E-state index in [9.17, 15) is 9.65 Å². The molecule has 3 aromatic rings. The van der Waals surface area contributed by atoms with Crippen LogP contribution in [0.3, 0.4) is 0 Å². The Hall–Kier alpha value is -3.17. The molecule has 0 spiro atoms. The van der Waals surface area contributed by atoms with Crippen molar-refractivity contribution in [2.75, 3.05) is 36.5 Å². The predicted molar refractivity (Wildman–Crippen MR) is 113 cm³/mol. The molecule has 6 heteroatoms.